The lowest BCUT2D eigenvalue weighted by molar-refractivity contribution is -0.276. The molecule has 17 heavy (non-hydrogen) atoms. The van der Waals surface area contributed by atoms with E-state index >= 15 is 0 Å². The third kappa shape index (κ3) is 3.61. The molecule has 0 aliphatic heterocycles. The largest absolute Gasteiger partial charge is 0.574 e. The molecule has 0 radical (unpaired) electrons. The van der Waals surface area contributed by atoms with Gasteiger partial charge >= 0.3 is 12.3 Å². The predicted molar refractivity (Wildman–Crippen MR) is 56.6 cm³/mol. The molecular formula is C8H5F3INO4. The number of esters is 1. The van der Waals surface area contributed by atoms with Gasteiger partial charge in [-0.25, -0.2) is 9.78 Å². The average Bonchev–Trinajstić information content (AvgIpc) is 2.20. The lowest BCUT2D eigenvalue weighted by atomic mass is 10.2. The SMILES string of the molecule is COC(=O)c1cc(O)c(I)nc1OC(F)(F)F. The zero-order valence-corrected chi connectivity index (χ0v) is 10.4. The maximum atomic E-state index is 12.0. The predicted octanol–water partition coefficient (Wildman–Crippen LogP) is 2.08. The molecule has 0 saturated carbocycles. The highest BCUT2D eigenvalue weighted by Crippen LogP contribution is 2.30. The van der Waals surface area contributed by atoms with Gasteiger partial charge in [0, 0.05) is 6.07 Å². The van der Waals surface area contributed by atoms with Crippen molar-refractivity contribution in [1.29, 1.82) is 0 Å². The van der Waals surface area contributed by atoms with E-state index in [-0.39, 0.29) is 3.70 Å². The fraction of sp³-hybridized carbons (Fsp3) is 0.250. The minimum Gasteiger partial charge on any atom is -0.505 e. The van der Waals surface area contributed by atoms with Crippen LogP contribution >= 0.6 is 22.6 Å². The number of halogens is 4. The number of carbonyl (C=O) groups excluding carboxylic acids is 1. The number of aromatic nitrogens is 1. The summed E-state index contributed by atoms with van der Waals surface area (Å²) >= 11 is 1.49. The quantitative estimate of drug-likeness (QED) is 0.495. The number of alkyl halides is 3. The van der Waals surface area contributed by atoms with Gasteiger partial charge in [0.05, 0.1) is 7.11 Å². The summed E-state index contributed by atoms with van der Waals surface area (Å²) in [7, 11) is 0.981. The highest BCUT2D eigenvalue weighted by molar-refractivity contribution is 14.1. The summed E-state index contributed by atoms with van der Waals surface area (Å²) in [6.07, 6.45) is -4.99. The Morgan fingerprint density at radius 2 is 2.12 bits per heavy atom. The highest BCUT2D eigenvalue weighted by atomic mass is 127. The first kappa shape index (κ1) is 13.8. The van der Waals surface area contributed by atoms with Gasteiger partial charge in [0.15, 0.2) is 0 Å². The molecule has 0 bridgehead atoms. The molecule has 0 aliphatic carbocycles. The van der Waals surface area contributed by atoms with Crippen LogP contribution in [0.1, 0.15) is 10.4 Å². The molecule has 0 saturated heterocycles. The van der Waals surface area contributed by atoms with Crippen LogP contribution in [0.25, 0.3) is 0 Å². The molecule has 0 atom stereocenters. The van der Waals surface area contributed by atoms with E-state index in [0.29, 0.717) is 0 Å². The van der Waals surface area contributed by atoms with Crippen molar-refractivity contribution >= 4 is 28.6 Å². The van der Waals surface area contributed by atoms with Gasteiger partial charge in [0.25, 0.3) is 0 Å². The van der Waals surface area contributed by atoms with Crippen molar-refractivity contribution in [3.8, 4) is 11.6 Å². The highest BCUT2D eigenvalue weighted by Gasteiger charge is 2.34. The van der Waals surface area contributed by atoms with Gasteiger partial charge in [-0.15, -0.1) is 13.2 Å². The molecule has 1 heterocycles. The molecule has 1 aromatic rings. The molecule has 5 nitrogen and oxygen atoms in total. The summed E-state index contributed by atoms with van der Waals surface area (Å²) in [5, 5.41) is 9.25. The normalized spacial score (nSPS) is 11.1. The maximum Gasteiger partial charge on any atom is 0.574 e. The van der Waals surface area contributed by atoms with Crippen LogP contribution in [0.5, 0.6) is 11.6 Å². The minimum atomic E-state index is -4.99. The molecule has 1 N–H and O–H groups in total. The van der Waals surface area contributed by atoms with Crippen LogP contribution in [0.3, 0.4) is 0 Å². The van der Waals surface area contributed by atoms with E-state index in [1.807, 2.05) is 0 Å². The first-order valence-electron chi connectivity index (χ1n) is 3.98. The zero-order valence-electron chi connectivity index (χ0n) is 8.21. The lowest BCUT2D eigenvalue weighted by Crippen LogP contribution is -2.20. The van der Waals surface area contributed by atoms with E-state index in [1.165, 1.54) is 22.6 Å². The van der Waals surface area contributed by atoms with Gasteiger partial charge in [-0.2, -0.15) is 0 Å². The van der Waals surface area contributed by atoms with Crippen molar-refractivity contribution in [3.05, 3.63) is 15.3 Å². The summed E-state index contributed by atoms with van der Waals surface area (Å²) in [6.45, 7) is 0. The molecule has 0 aliphatic rings. The standard InChI is InChI=1S/C8H5F3INO4/c1-16-7(15)3-2-4(14)5(12)13-6(3)17-8(9,10)11/h2,14H,1H3. The van der Waals surface area contributed by atoms with Crippen LogP contribution in [-0.4, -0.2) is 29.5 Å². The summed E-state index contributed by atoms with van der Waals surface area (Å²) in [6, 6.07) is 0.793. The van der Waals surface area contributed by atoms with Crippen molar-refractivity contribution in [2.75, 3.05) is 7.11 Å². The first-order chi connectivity index (χ1) is 7.74. The van der Waals surface area contributed by atoms with Gasteiger partial charge in [-0.1, -0.05) is 0 Å². The maximum absolute atomic E-state index is 12.0. The van der Waals surface area contributed by atoms with Gasteiger partial charge < -0.3 is 14.6 Å². The van der Waals surface area contributed by atoms with E-state index in [9.17, 15) is 23.1 Å². The van der Waals surface area contributed by atoms with Crippen LogP contribution in [0.2, 0.25) is 0 Å². The molecule has 0 fully saturated rings. The van der Waals surface area contributed by atoms with Crippen molar-refractivity contribution in [2.45, 2.75) is 6.36 Å². The summed E-state index contributed by atoms with van der Waals surface area (Å²) in [5.74, 6) is -2.50. The number of hydrogen-bond acceptors (Lipinski definition) is 5. The van der Waals surface area contributed by atoms with Crippen LogP contribution in [0.15, 0.2) is 6.07 Å². The van der Waals surface area contributed by atoms with Crippen molar-refractivity contribution in [2.24, 2.45) is 0 Å². The second-order valence-corrected chi connectivity index (χ2v) is 3.71. The summed E-state index contributed by atoms with van der Waals surface area (Å²) < 4.78 is 43.8. The number of ether oxygens (including phenoxy) is 2. The Kier molecular flexibility index (Phi) is 4.01. The smallest absolute Gasteiger partial charge is 0.505 e. The van der Waals surface area contributed by atoms with Crippen LogP contribution < -0.4 is 4.74 Å². The Bertz CT molecular complexity index is 449. The molecule has 94 valence electrons. The Morgan fingerprint density at radius 3 is 2.59 bits per heavy atom. The number of methoxy groups -OCH3 is 1. The van der Waals surface area contributed by atoms with E-state index in [1.54, 1.807) is 0 Å². The van der Waals surface area contributed by atoms with Crippen LogP contribution in [-0.2, 0) is 4.74 Å². The zero-order chi connectivity index (χ0) is 13.2. The average molecular weight is 363 g/mol. The molecule has 0 unspecified atom stereocenters. The number of nitrogens with zero attached hydrogens (tertiary/aromatic N) is 1. The van der Waals surface area contributed by atoms with Crippen molar-refractivity contribution in [3.63, 3.8) is 0 Å². The van der Waals surface area contributed by atoms with Crippen LogP contribution in [0.4, 0.5) is 13.2 Å². The Labute approximate surface area is 107 Å². The number of rotatable bonds is 2. The van der Waals surface area contributed by atoms with Crippen LogP contribution in [0, 0.1) is 3.70 Å². The fourth-order valence-corrected chi connectivity index (χ4v) is 1.28. The molecular weight excluding hydrogens is 358 g/mol. The molecule has 0 aromatic carbocycles. The lowest BCUT2D eigenvalue weighted by Gasteiger charge is -2.11. The van der Waals surface area contributed by atoms with Crippen molar-refractivity contribution in [1.82, 2.24) is 4.98 Å². The van der Waals surface area contributed by atoms with E-state index in [0.717, 1.165) is 13.2 Å². The molecule has 1 rings (SSSR count). The fourth-order valence-electron chi connectivity index (χ4n) is 0.908. The number of pyridine rings is 1. The summed E-state index contributed by atoms with van der Waals surface area (Å²) in [4.78, 5) is 14.5. The van der Waals surface area contributed by atoms with Crippen molar-refractivity contribution < 1.29 is 32.5 Å². The minimum absolute atomic E-state index is 0.130. The van der Waals surface area contributed by atoms with E-state index in [4.69, 9.17) is 0 Å². The van der Waals surface area contributed by atoms with Gasteiger partial charge in [0.2, 0.25) is 5.88 Å². The number of carbonyl (C=O) groups is 1. The number of aromatic hydroxyl groups is 1. The second kappa shape index (κ2) is 4.94. The Balaban J connectivity index is 3.26. The third-order valence-electron chi connectivity index (χ3n) is 1.54. The van der Waals surface area contributed by atoms with Gasteiger partial charge in [-0.3, -0.25) is 0 Å². The van der Waals surface area contributed by atoms with E-state index in [2.05, 4.69) is 14.5 Å². The Morgan fingerprint density at radius 1 is 1.53 bits per heavy atom. The first-order valence-corrected chi connectivity index (χ1v) is 5.06. The monoisotopic (exact) mass is 363 g/mol. The molecule has 0 amide bonds. The molecule has 0 spiro atoms. The van der Waals surface area contributed by atoms with Gasteiger partial charge in [-0.05, 0) is 22.6 Å². The van der Waals surface area contributed by atoms with E-state index < -0.39 is 29.5 Å². The number of hydrogen-bond donors (Lipinski definition) is 1. The molecule has 1 aromatic heterocycles. The Hall–Kier alpha value is -1.26. The third-order valence-corrected chi connectivity index (χ3v) is 2.33. The topological polar surface area (TPSA) is 68.7 Å². The second-order valence-electron chi connectivity index (χ2n) is 2.69. The summed E-state index contributed by atoms with van der Waals surface area (Å²) in [5.41, 5.74) is -0.609. The van der Waals surface area contributed by atoms with Gasteiger partial charge in [0.1, 0.15) is 15.0 Å². The molecule has 9 heteroatoms.